The molecule has 6 heteroatoms. The van der Waals surface area contributed by atoms with Crippen molar-refractivity contribution in [3.05, 3.63) is 58.7 Å². The molecule has 0 spiro atoms. The first-order valence-corrected chi connectivity index (χ1v) is 9.58. The number of nitrogens with one attached hydrogen (secondary N) is 2. The summed E-state index contributed by atoms with van der Waals surface area (Å²) in [6.45, 7) is 9.28. The second kappa shape index (κ2) is 9.47. The van der Waals surface area contributed by atoms with Crippen molar-refractivity contribution >= 4 is 29.0 Å². The second-order valence-corrected chi connectivity index (χ2v) is 7.54. The third kappa shape index (κ3) is 5.99. The van der Waals surface area contributed by atoms with Gasteiger partial charge in [0.25, 0.3) is 0 Å². The monoisotopic (exact) mass is 395 g/mol. The predicted octanol–water partition coefficient (Wildman–Crippen LogP) is 3.71. The van der Waals surface area contributed by atoms with E-state index in [-0.39, 0.29) is 24.1 Å². The van der Waals surface area contributed by atoms with Gasteiger partial charge in [-0.25, -0.2) is 0 Å². The molecule has 0 saturated carbocycles. The maximum absolute atomic E-state index is 12.5. The Morgan fingerprint density at radius 1 is 0.966 bits per heavy atom. The Labute approximate surface area is 172 Å². The standard InChI is InChI=1S/C23H29N3O3/c1-14-11-15(2)22(16(3)12-14)25-21(28)13-26(6)17(4)23(29)24-20-9-7-19(8-10-20)18(5)27/h7-12,17H,13H2,1-6H3,(H,24,29)(H,25,28)/t17-/m0/s1. The molecule has 0 heterocycles. The summed E-state index contributed by atoms with van der Waals surface area (Å²) >= 11 is 0. The number of amides is 2. The van der Waals surface area contributed by atoms with Crippen molar-refractivity contribution in [2.45, 2.75) is 40.7 Å². The van der Waals surface area contributed by atoms with E-state index in [0.29, 0.717) is 11.3 Å². The molecule has 6 nitrogen and oxygen atoms in total. The molecule has 1 atom stereocenters. The maximum Gasteiger partial charge on any atom is 0.241 e. The molecule has 154 valence electrons. The third-order valence-electron chi connectivity index (χ3n) is 4.93. The van der Waals surface area contributed by atoms with Crippen molar-refractivity contribution in [3.8, 4) is 0 Å². The van der Waals surface area contributed by atoms with Crippen molar-refractivity contribution in [2.75, 3.05) is 24.2 Å². The number of anilines is 2. The Morgan fingerprint density at radius 3 is 2.03 bits per heavy atom. The van der Waals surface area contributed by atoms with Gasteiger partial charge in [-0.2, -0.15) is 0 Å². The summed E-state index contributed by atoms with van der Waals surface area (Å²) in [5, 5.41) is 5.77. The molecule has 0 aliphatic rings. The van der Waals surface area contributed by atoms with E-state index < -0.39 is 6.04 Å². The van der Waals surface area contributed by atoms with Crippen LogP contribution in [0.25, 0.3) is 0 Å². The number of rotatable bonds is 7. The summed E-state index contributed by atoms with van der Waals surface area (Å²) in [5.41, 5.74) is 5.19. The van der Waals surface area contributed by atoms with Crippen molar-refractivity contribution in [2.24, 2.45) is 0 Å². The lowest BCUT2D eigenvalue weighted by Gasteiger charge is -2.24. The molecule has 2 N–H and O–H groups in total. The number of carbonyl (C=O) groups is 3. The zero-order valence-corrected chi connectivity index (χ0v) is 17.9. The van der Waals surface area contributed by atoms with Crippen LogP contribution in [0.3, 0.4) is 0 Å². The van der Waals surface area contributed by atoms with E-state index in [1.54, 1.807) is 43.1 Å². The Balaban J connectivity index is 1.95. The molecule has 0 bridgehead atoms. The molecular weight excluding hydrogens is 366 g/mol. The van der Waals surface area contributed by atoms with Gasteiger partial charge in [-0.3, -0.25) is 19.3 Å². The van der Waals surface area contributed by atoms with Gasteiger partial charge in [0.05, 0.1) is 12.6 Å². The third-order valence-corrected chi connectivity index (χ3v) is 4.93. The minimum atomic E-state index is -0.506. The molecule has 2 rings (SSSR count). The molecule has 0 radical (unpaired) electrons. The van der Waals surface area contributed by atoms with E-state index in [1.165, 1.54) is 6.92 Å². The first-order valence-electron chi connectivity index (χ1n) is 9.58. The highest BCUT2D eigenvalue weighted by molar-refractivity contribution is 5.98. The number of likely N-dealkylation sites (N-methyl/N-ethyl adjacent to an activating group) is 1. The topological polar surface area (TPSA) is 78.5 Å². The highest BCUT2D eigenvalue weighted by Crippen LogP contribution is 2.22. The molecule has 2 aromatic rings. The molecule has 29 heavy (non-hydrogen) atoms. The van der Waals surface area contributed by atoms with Crippen LogP contribution in [-0.4, -0.2) is 42.1 Å². The van der Waals surface area contributed by atoms with Gasteiger partial charge < -0.3 is 10.6 Å². The molecule has 2 amide bonds. The van der Waals surface area contributed by atoms with E-state index in [2.05, 4.69) is 10.6 Å². The van der Waals surface area contributed by atoms with Crippen LogP contribution < -0.4 is 10.6 Å². The van der Waals surface area contributed by atoms with Crippen LogP contribution >= 0.6 is 0 Å². The summed E-state index contributed by atoms with van der Waals surface area (Å²) in [6, 6.07) is 10.3. The van der Waals surface area contributed by atoms with Gasteiger partial charge in [0.2, 0.25) is 11.8 Å². The zero-order valence-electron chi connectivity index (χ0n) is 17.9. The molecule has 0 unspecified atom stereocenters. The van der Waals surface area contributed by atoms with Gasteiger partial charge in [0, 0.05) is 16.9 Å². The smallest absolute Gasteiger partial charge is 0.241 e. The van der Waals surface area contributed by atoms with E-state index in [0.717, 1.165) is 22.4 Å². The Hall–Kier alpha value is -2.99. The predicted molar refractivity (Wildman–Crippen MR) is 116 cm³/mol. The van der Waals surface area contributed by atoms with Crippen LogP contribution in [-0.2, 0) is 9.59 Å². The molecule has 0 saturated heterocycles. The fourth-order valence-corrected chi connectivity index (χ4v) is 3.15. The minimum absolute atomic E-state index is 0.0268. The van der Waals surface area contributed by atoms with Crippen LogP contribution in [0.15, 0.2) is 36.4 Å². The summed E-state index contributed by atoms with van der Waals surface area (Å²) < 4.78 is 0. The van der Waals surface area contributed by atoms with E-state index in [4.69, 9.17) is 0 Å². The maximum atomic E-state index is 12.5. The molecule has 0 fully saturated rings. The van der Waals surface area contributed by atoms with Gasteiger partial charge in [-0.15, -0.1) is 0 Å². The molecule has 0 aromatic heterocycles. The fraction of sp³-hybridized carbons (Fsp3) is 0.348. The second-order valence-electron chi connectivity index (χ2n) is 7.54. The van der Waals surface area contributed by atoms with E-state index in [9.17, 15) is 14.4 Å². The van der Waals surface area contributed by atoms with Crippen LogP contribution in [0.4, 0.5) is 11.4 Å². The average Bonchev–Trinajstić information content (AvgIpc) is 2.64. The first kappa shape index (κ1) is 22.3. The summed E-state index contributed by atoms with van der Waals surface area (Å²) in [6.07, 6.45) is 0. The number of ketones is 1. The van der Waals surface area contributed by atoms with Crippen LogP contribution in [0.5, 0.6) is 0 Å². The molecule has 0 aliphatic heterocycles. The lowest BCUT2D eigenvalue weighted by molar-refractivity contribution is -0.122. The fourth-order valence-electron chi connectivity index (χ4n) is 3.15. The SMILES string of the molecule is CC(=O)c1ccc(NC(=O)[C@H](C)N(C)CC(=O)Nc2c(C)cc(C)cc2C)cc1. The van der Waals surface area contributed by atoms with Crippen molar-refractivity contribution in [1.29, 1.82) is 0 Å². The van der Waals surface area contributed by atoms with Crippen LogP contribution in [0.1, 0.15) is 40.9 Å². The number of hydrogen-bond acceptors (Lipinski definition) is 4. The number of Topliss-reactive ketones (excluding diaryl/α,β-unsaturated/α-hetero) is 1. The lowest BCUT2D eigenvalue weighted by atomic mass is 10.1. The number of benzene rings is 2. The van der Waals surface area contributed by atoms with Crippen molar-refractivity contribution < 1.29 is 14.4 Å². The average molecular weight is 396 g/mol. The van der Waals surface area contributed by atoms with Gasteiger partial charge in [-0.05, 0) is 77.1 Å². The largest absolute Gasteiger partial charge is 0.325 e. The number of nitrogens with zero attached hydrogens (tertiary/aromatic N) is 1. The molecule has 2 aromatic carbocycles. The minimum Gasteiger partial charge on any atom is -0.325 e. The normalized spacial score (nSPS) is 11.8. The molecule has 0 aliphatic carbocycles. The summed E-state index contributed by atoms with van der Waals surface area (Å²) in [4.78, 5) is 38.0. The highest BCUT2D eigenvalue weighted by Gasteiger charge is 2.21. The lowest BCUT2D eigenvalue weighted by Crippen LogP contribution is -2.43. The highest BCUT2D eigenvalue weighted by atomic mass is 16.2. The quantitative estimate of drug-likeness (QED) is 0.701. The van der Waals surface area contributed by atoms with Crippen LogP contribution in [0, 0.1) is 20.8 Å². The Kier molecular flexibility index (Phi) is 7.29. The van der Waals surface area contributed by atoms with Gasteiger partial charge in [0.1, 0.15) is 0 Å². The van der Waals surface area contributed by atoms with Gasteiger partial charge >= 0.3 is 0 Å². The number of aryl methyl sites for hydroxylation is 3. The number of carbonyl (C=O) groups excluding carboxylic acids is 3. The van der Waals surface area contributed by atoms with Crippen molar-refractivity contribution in [1.82, 2.24) is 4.90 Å². The Morgan fingerprint density at radius 2 is 1.52 bits per heavy atom. The summed E-state index contributed by atoms with van der Waals surface area (Å²) in [7, 11) is 1.73. The summed E-state index contributed by atoms with van der Waals surface area (Å²) in [5.74, 6) is -0.423. The van der Waals surface area contributed by atoms with Gasteiger partial charge in [0.15, 0.2) is 5.78 Å². The number of hydrogen-bond donors (Lipinski definition) is 2. The van der Waals surface area contributed by atoms with Gasteiger partial charge in [-0.1, -0.05) is 17.7 Å². The Bertz CT molecular complexity index is 896. The van der Waals surface area contributed by atoms with E-state index in [1.807, 2.05) is 32.9 Å². The van der Waals surface area contributed by atoms with Crippen molar-refractivity contribution in [3.63, 3.8) is 0 Å². The first-order chi connectivity index (χ1) is 13.6. The van der Waals surface area contributed by atoms with E-state index >= 15 is 0 Å². The zero-order chi connectivity index (χ0) is 21.7. The van der Waals surface area contributed by atoms with Crippen LogP contribution in [0.2, 0.25) is 0 Å². The molecular formula is C23H29N3O3.